The van der Waals surface area contributed by atoms with E-state index in [1.807, 2.05) is 78.9 Å². The van der Waals surface area contributed by atoms with E-state index in [1.165, 1.54) is 38.3 Å². The predicted molar refractivity (Wildman–Crippen MR) is 306 cm³/mol. The van der Waals surface area contributed by atoms with Crippen molar-refractivity contribution in [2.45, 2.75) is 120 Å². The molecule has 2 aromatic heterocycles. The molecule has 9 N–H and O–H groups in total. The fourth-order valence-corrected chi connectivity index (χ4v) is 13.1. The van der Waals surface area contributed by atoms with Gasteiger partial charge in [-0.15, -0.1) is 0 Å². The molecule has 1 unspecified atom stereocenters. The molecule has 5 atom stereocenters. The van der Waals surface area contributed by atoms with Gasteiger partial charge in [0.15, 0.2) is 0 Å². The number of benzene rings is 4. The number of aromatic amines is 1. The van der Waals surface area contributed by atoms with E-state index in [4.69, 9.17) is 5.73 Å². The molecule has 1 aliphatic carbocycles. The maximum atomic E-state index is 15.2. The number of aryl methyl sites for hydroxylation is 1. The lowest BCUT2D eigenvalue weighted by molar-refractivity contribution is -0.146. The van der Waals surface area contributed by atoms with Gasteiger partial charge in [0.05, 0.1) is 17.1 Å². The van der Waals surface area contributed by atoms with Crippen LogP contribution < -0.4 is 32.7 Å². The number of imide groups is 1. The predicted octanol–water partition coefficient (Wildman–Crippen LogP) is 3.90. The molecular weight excluding hydrogens is 1100 g/mol. The average molecular weight is 1170 g/mol. The minimum Gasteiger partial charge on any atom is -0.370 e. The standard InChI is InChI=1S/C60H67N10O13P/c1-67-49-29-36(16-21-46(49)70(60(67)80)48-23-25-51(72)65-57(48)77)28-34-12-14-35(15-13-34)30-52(73)68-27-26-41-18-22-47(56(76)63-43(20-24-50(61)71)54(74)66-53(37-8-4-2-5-9-37)38-10-6-3-7-11-38)69(41)58(78)45(33-68)64-55(75)44-32-40-31-39(17-19-42(40)62-44)59(79)84(81,82)83/h2-11,16-17,19,21,29,31-32,34-35,41,43,45,47-48,53,62H,12-15,18,20,22-28,30,33H2,1H3,(H2,61,71)(H,63,76)(H,64,75)(H,66,74)(H,65,72,77)(H2,81,82,83)/t34-,35-,41-,43?,45+,47+,48-/m1/s1. The number of fused-ring (bicyclic) bond motifs is 3. The number of piperidine rings is 1. The van der Waals surface area contributed by atoms with E-state index in [1.54, 1.807) is 11.9 Å². The summed E-state index contributed by atoms with van der Waals surface area (Å²) in [4.78, 5) is 161. The zero-order valence-corrected chi connectivity index (χ0v) is 47.1. The first-order valence-corrected chi connectivity index (χ1v) is 30.0. The van der Waals surface area contributed by atoms with E-state index in [-0.39, 0.29) is 97.6 Å². The SMILES string of the molecule is Cn1c(=O)n([C@@H]2CCC(=O)NC2=O)c2ccc(C[C@H]3CC[C@H](CC(=O)N4CC[C@H]5CC[C@@H](C(=O)NC(CCC(N)=O)C(=O)NC(c6ccccc6)c6ccccc6)N5C(=O)[C@@H](NC(=O)c5cc6cc(C(=O)P(=O)(O)O)ccc6[nH]5)C4)CC3)cc21. The highest BCUT2D eigenvalue weighted by molar-refractivity contribution is 7.70. The van der Waals surface area contributed by atoms with E-state index in [0.717, 1.165) is 48.8 Å². The minimum absolute atomic E-state index is 0.0221. The molecule has 0 bridgehead atoms. The van der Waals surface area contributed by atoms with Gasteiger partial charge in [-0.1, -0.05) is 66.7 Å². The number of imidazole rings is 1. The molecule has 0 spiro atoms. The summed E-state index contributed by atoms with van der Waals surface area (Å²) in [5.41, 5.74) is 7.66. The van der Waals surface area contributed by atoms with Crippen LogP contribution in [0.15, 0.2) is 108 Å². The van der Waals surface area contributed by atoms with Crippen molar-refractivity contribution in [3.05, 3.63) is 142 Å². The number of aromatic nitrogens is 3. The van der Waals surface area contributed by atoms with Gasteiger partial charge < -0.3 is 46.3 Å². The van der Waals surface area contributed by atoms with Crippen molar-refractivity contribution in [2.75, 3.05) is 13.1 Å². The third-order valence-electron chi connectivity index (χ3n) is 17.0. The number of primary amides is 1. The first-order valence-electron chi connectivity index (χ1n) is 28.4. The van der Waals surface area contributed by atoms with E-state index in [9.17, 15) is 57.5 Å². The zero-order valence-electron chi connectivity index (χ0n) is 46.2. The molecule has 4 fully saturated rings. The highest BCUT2D eigenvalue weighted by Crippen LogP contribution is 2.40. The highest BCUT2D eigenvalue weighted by Gasteiger charge is 2.46. The molecule has 8 amide bonds. The Morgan fingerprint density at radius 1 is 0.774 bits per heavy atom. The highest BCUT2D eigenvalue weighted by atomic mass is 31.2. The fraction of sp³-hybridized carbons (Fsp3) is 0.400. The van der Waals surface area contributed by atoms with Crippen LogP contribution in [-0.4, -0.2) is 124 Å². The lowest BCUT2D eigenvalue weighted by Gasteiger charge is -2.39. The van der Waals surface area contributed by atoms with Crippen LogP contribution in [0, 0.1) is 11.8 Å². The Bertz CT molecular complexity index is 3640. The molecule has 10 rings (SSSR count). The molecule has 6 aromatic rings. The first kappa shape index (κ1) is 58.7. The van der Waals surface area contributed by atoms with Crippen molar-refractivity contribution in [3.8, 4) is 0 Å². The third kappa shape index (κ3) is 12.8. The summed E-state index contributed by atoms with van der Waals surface area (Å²) in [5.74, 6) is -4.13. The van der Waals surface area contributed by atoms with Gasteiger partial charge in [-0.05, 0) is 129 Å². The van der Waals surface area contributed by atoms with Crippen LogP contribution in [0.3, 0.4) is 0 Å². The summed E-state index contributed by atoms with van der Waals surface area (Å²) in [6.07, 6.45) is 4.91. The summed E-state index contributed by atoms with van der Waals surface area (Å²) in [6, 6.07) is 23.7. The van der Waals surface area contributed by atoms with Gasteiger partial charge in [0.25, 0.3) is 11.4 Å². The molecule has 0 radical (unpaired) electrons. The summed E-state index contributed by atoms with van der Waals surface area (Å²) < 4.78 is 14.8. The number of nitrogens with one attached hydrogen (secondary N) is 5. The largest absolute Gasteiger partial charge is 0.396 e. The van der Waals surface area contributed by atoms with Crippen molar-refractivity contribution in [3.63, 3.8) is 0 Å². The second-order valence-corrected chi connectivity index (χ2v) is 24.1. The van der Waals surface area contributed by atoms with Gasteiger partial charge >= 0.3 is 13.3 Å². The number of rotatable bonds is 18. The maximum Gasteiger partial charge on any atom is 0.396 e. The molecule has 3 saturated heterocycles. The molecule has 440 valence electrons. The van der Waals surface area contributed by atoms with E-state index < -0.39 is 84.8 Å². The lowest BCUT2D eigenvalue weighted by atomic mass is 9.78. The number of H-pyrrole nitrogens is 1. The van der Waals surface area contributed by atoms with Crippen LogP contribution in [0.1, 0.15) is 127 Å². The van der Waals surface area contributed by atoms with Crippen molar-refractivity contribution in [1.82, 2.24) is 45.2 Å². The van der Waals surface area contributed by atoms with Crippen molar-refractivity contribution in [2.24, 2.45) is 24.6 Å². The molecule has 1 saturated carbocycles. The Kier molecular flexibility index (Phi) is 17.3. The summed E-state index contributed by atoms with van der Waals surface area (Å²) in [5, 5.41) is 11.3. The Morgan fingerprint density at radius 2 is 1.46 bits per heavy atom. The molecule has 84 heavy (non-hydrogen) atoms. The quantitative estimate of drug-likeness (QED) is 0.0448. The van der Waals surface area contributed by atoms with Crippen LogP contribution >= 0.6 is 7.60 Å². The fourth-order valence-electron chi connectivity index (χ4n) is 12.6. The molecule has 23 nitrogen and oxygen atoms in total. The van der Waals surface area contributed by atoms with Gasteiger partial charge in [-0.3, -0.25) is 62.2 Å². The van der Waals surface area contributed by atoms with Crippen LogP contribution in [-0.2, 0) is 51.6 Å². The number of nitrogens with two attached hydrogens (primary N) is 1. The van der Waals surface area contributed by atoms with Crippen LogP contribution in [0.5, 0.6) is 0 Å². The van der Waals surface area contributed by atoms with E-state index in [2.05, 4.69) is 26.3 Å². The number of carbonyl (C=O) groups is 9. The van der Waals surface area contributed by atoms with Crippen molar-refractivity contribution < 1.29 is 57.5 Å². The van der Waals surface area contributed by atoms with Gasteiger partial charge in [0, 0.05) is 61.9 Å². The van der Waals surface area contributed by atoms with Gasteiger partial charge in [0.1, 0.15) is 29.9 Å². The lowest BCUT2D eigenvalue weighted by Crippen LogP contribution is -2.62. The molecular formula is C60H67N10O13P. The van der Waals surface area contributed by atoms with Crippen molar-refractivity contribution >= 4 is 82.3 Å². The van der Waals surface area contributed by atoms with Crippen LogP contribution in [0.2, 0.25) is 0 Å². The topological polar surface area (TPSA) is 335 Å². The summed E-state index contributed by atoms with van der Waals surface area (Å²) in [7, 11) is -3.47. The molecule has 4 aliphatic rings. The Hall–Kier alpha value is -8.53. The van der Waals surface area contributed by atoms with Crippen LogP contribution in [0.25, 0.3) is 21.9 Å². The monoisotopic (exact) mass is 1170 g/mol. The number of carbonyl (C=O) groups excluding carboxylic acids is 9. The average Bonchev–Trinajstić information content (AvgIpc) is 3.38. The number of nitrogens with zero attached hydrogens (tertiary/aromatic N) is 4. The summed E-state index contributed by atoms with van der Waals surface area (Å²) in [6.45, 7) is -0.0654. The second kappa shape index (κ2) is 24.7. The second-order valence-electron chi connectivity index (χ2n) is 22.6. The Morgan fingerprint density at radius 3 is 2.13 bits per heavy atom. The number of hydrogen-bond acceptors (Lipinski definition) is 11. The van der Waals surface area contributed by atoms with Gasteiger partial charge in [-0.2, -0.15) is 0 Å². The number of hydrogen-bond donors (Lipinski definition) is 8. The first-order chi connectivity index (χ1) is 40.2. The Labute approximate surface area is 482 Å². The minimum atomic E-state index is -5.13. The normalized spacial score (nSPS) is 21.5. The molecule has 24 heteroatoms. The third-order valence-corrected chi connectivity index (χ3v) is 17.8. The van der Waals surface area contributed by atoms with Gasteiger partial charge in [0.2, 0.25) is 41.4 Å². The Balaban J connectivity index is 0.845. The van der Waals surface area contributed by atoms with Gasteiger partial charge in [-0.25, -0.2) is 4.79 Å². The summed E-state index contributed by atoms with van der Waals surface area (Å²) >= 11 is 0. The van der Waals surface area contributed by atoms with Crippen LogP contribution in [0.4, 0.5) is 0 Å². The number of amides is 8. The maximum absolute atomic E-state index is 15.2. The molecule has 3 aliphatic heterocycles. The zero-order chi connectivity index (χ0) is 59.6. The molecule has 4 aromatic carbocycles. The van der Waals surface area contributed by atoms with E-state index in [0.29, 0.717) is 29.4 Å². The smallest absolute Gasteiger partial charge is 0.370 e. The van der Waals surface area contributed by atoms with E-state index >= 15 is 4.79 Å². The van der Waals surface area contributed by atoms with Crippen molar-refractivity contribution in [1.29, 1.82) is 0 Å². The molecule has 5 heterocycles.